The van der Waals surface area contributed by atoms with Gasteiger partial charge in [0.2, 0.25) is 17.8 Å². The molecule has 0 radical (unpaired) electrons. The number of hydrogen-bond donors (Lipinski definition) is 3. The number of nitrogens with two attached hydrogens (primary N) is 1. The number of rotatable bonds is 9. The molecule has 114 valence electrons. The van der Waals surface area contributed by atoms with E-state index in [0.29, 0.717) is 23.9 Å². The Balaban J connectivity index is 2.87. The third-order valence-electron chi connectivity index (χ3n) is 2.93. The van der Waals surface area contributed by atoms with Crippen LogP contribution < -0.4 is 21.5 Å². The molecule has 0 saturated heterocycles. The van der Waals surface area contributed by atoms with Crippen molar-refractivity contribution in [1.82, 2.24) is 15.0 Å². The first-order valence-corrected chi connectivity index (χ1v) is 8.27. The zero-order valence-corrected chi connectivity index (χ0v) is 13.5. The third-order valence-corrected chi connectivity index (χ3v) is 3.57. The Labute approximate surface area is 125 Å². The van der Waals surface area contributed by atoms with Gasteiger partial charge in [-0.1, -0.05) is 0 Å². The molecule has 1 heterocycles. The number of hydrogen-bond acceptors (Lipinski definition) is 8. The van der Waals surface area contributed by atoms with E-state index < -0.39 is 0 Å². The minimum atomic E-state index is 0.306. The Morgan fingerprint density at radius 1 is 1.20 bits per heavy atom. The van der Waals surface area contributed by atoms with Crippen LogP contribution in [0.5, 0.6) is 0 Å². The fourth-order valence-corrected chi connectivity index (χ4v) is 2.32. The first-order valence-electron chi connectivity index (χ1n) is 6.87. The highest BCUT2D eigenvalue weighted by atomic mass is 32.2. The van der Waals surface area contributed by atoms with Crippen molar-refractivity contribution in [1.29, 1.82) is 0 Å². The molecule has 4 N–H and O–H groups in total. The molecule has 0 aliphatic heterocycles. The van der Waals surface area contributed by atoms with Gasteiger partial charge in [0.1, 0.15) is 0 Å². The summed E-state index contributed by atoms with van der Waals surface area (Å²) in [5.41, 5.74) is 2.49. The molecule has 1 rings (SSSR count). The van der Waals surface area contributed by atoms with Crippen molar-refractivity contribution in [3.63, 3.8) is 0 Å². The maximum atomic E-state index is 5.43. The van der Waals surface area contributed by atoms with Gasteiger partial charge in [-0.3, -0.25) is 5.43 Å². The largest absolute Gasteiger partial charge is 0.352 e. The van der Waals surface area contributed by atoms with Crippen LogP contribution in [0.15, 0.2) is 0 Å². The molecule has 0 aliphatic carbocycles. The molecule has 1 unspecified atom stereocenters. The summed E-state index contributed by atoms with van der Waals surface area (Å²) in [6.07, 6.45) is 3.16. The molecule has 1 aromatic rings. The summed E-state index contributed by atoms with van der Waals surface area (Å²) in [5, 5.41) is 3.30. The van der Waals surface area contributed by atoms with Gasteiger partial charge in [0.15, 0.2) is 0 Å². The first-order chi connectivity index (χ1) is 9.64. The number of nitrogen functional groups attached to an aromatic ring is 1. The average Bonchev–Trinajstić information content (AvgIpc) is 2.46. The van der Waals surface area contributed by atoms with E-state index in [9.17, 15) is 0 Å². The summed E-state index contributed by atoms with van der Waals surface area (Å²) >= 11 is 1.83. The minimum absolute atomic E-state index is 0.306. The van der Waals surface area contributed by atoms with Crippen molar-refractivity contribution >= 4 is 29.6 Å². The van der Waals surface area contributed by atoms with E-state index >= 15 is 0 Å². The summed E-state index contributed by atoms with van der Waals surface area (Å²) < 4.78 is 0. The van der Waals surface area contributed by atoms with Gasteiger partial charge in [-0.05, 0) is 39.2 Å². The number of hydrazine groups is 1. The zero-order chi connectivity index (χ0) is 15.0. The van der Waals surface area contributed by atoms with E-state index in [-0.39, 0.29) is 0 Å². The Hall–Kier alpha value is -1.28. The second kappa shape index (κ2) is 8.80. The van der Waals surface area contributed by atoms with Crippen molar-refractivity contribution in [3.05, 3.63) is 0 Å². The standard InChI is InChI=1S/C12H25N7S/c1-5-19(6-2)12-16-10(15-11(17-12)18-13)14-9(3)7-8-20-4/h9H,5-8,13H2,1-4H3,(H2,14,15,16,17,18). The molecule has 0 saturated carbocycles. The molecular formula is C12H25N7S. The highest BCUT2D eigenvalue weighted by Gasteiger charge is 2.12. The lowest BCUT2D eigenvalue weighted by molar-refractivity contribution is 0.751. The van der Waals surface area contributed by atoms with E-state index in [1.165, 1.54) is 0 Å². The molecule has 0 aromatic carbocycles. The number of thioether (sulfide) groups is 1. The van der Waals surface area contributed by atoms with Crippen LogP contribution in [0.25, 0.3) is 0 Å². The molecule has 1 atom stereocenters. The fraction of sp³-hybridized carbons (Fsp3) is 0.750. The monoisotopic (exact) mass is 299 g/mol. The molecule has 20 heavy (non-hydrogen) atoms. The van der Waals surface area contributed by atoms with Crippen LogP contribution in [0.4, 0.5) is 17.8 Å². The number of aromatic nitrogens is 3. The van der Waals surface area contributed by atoms with E-state index in [0.717, 1.165) is 25.3 Å². The highest BCUT2D eigenvalue weighted by molar-refractivity contribution is 7.98. The van der Waals surface area contributed by atoms with Gasteiger partial charge < -0.3 is 10.2 Å². The predicted octanol–water partition coefficient (Wildman–Crippen LogP) is 1.56. The van der Waals surface area contributed by atoms with Crippen LogP contribution >= 0.6 is 11.8 Å². The van der Waals surface area contributed by atoms with Crippen LogP contribution in [-0.2, 0) is 0 Å². The number of nitrogens with zero attached hydrogens (tertiary/aromatic N) is 4. The Morgan fingerprint density at radius 3 is 2.40 bits per heavy atom. The van der Waals surface area contributed by atoms with Gasteiger partial charge in [-0.15, -0.1) is 0 Å². The van der Waals surface area contributed by atoms with Crippen molar-refractivity contribution in [2.75, 3.05) is 40.7 Å². The van der Waals surface area contributed by atoms with Gasteiger partial charge in [0.05, 0.1) is 0 Å². The molecule has 0 bridgehead atoms. The lowest BCUT2D eigenvalue weighted by Crippen LogP contribution is -2.27. The van der Waals surface area contributed by atoms with E-state index in [4.69, 9.17) is 5.84 Å². The summed E-state index contributed by atoms with van der Waals surface area (Å²) in [5.74, 6) is 8.10. The third kappa shape index (κ3) is 5.01. The highest BCUT2D eigenvalue weighted by Crippen LogP contribution is 2.14. The lowest BCUT2D eigenvalue weighted by atomic mass is 10.3. The van der Waals surface area contributed by atoms with Gasteiger partial charge in [0.25, 0.3) is 0 Å². The summed E-state index contributed by atoms with van der Waals surface area (Å²) in [7, 11) is 0. The quantitative estimate of drug-likeness (QED) is 0.467. The Kier molecular flexibility index (Phi) is 7.38. The zero-order valence-electron chi connectivity index (χ0n) is 12.7. The lowest BCUT2D eigenvalue weighted by Gasteiger charge is -2.20. The topological polar surface area (TPSA) is 92.0 Å². The van der Waals surface area contributed by atoms with Crippen LogP contribution in [0.1, 0.15) is 27.2 Å². The van der Waals surface area contributed by atoms with Crippen LogP contribution in [-0.4, -0.2) is 46.1 Å². The maximum Gasteiger partial charge on any atom is 0.243 e. The van der Waals surface area contributed by atoms with Crippen molar-refractivity contribution in [2.24, 2.45) is 5.84 Å². The summed E-state index contributed by atoms with van der Waals surface area (Å²) in [4.78, 5) is 15.1. The molecule has 0 amide bonds. The average molecular weight is 299 g/mol. The van der Waals surface area contributed by atoms with Crippen molar-refractivity contribution in [3.8, 4) is 0 Å². The van der Waals surface area contributed by atoms with Gasteiger partial charge in [-0.25, -0.2) is 5.84 Å². The summed E-state index contributed by atoms with van der Waals surface area (Å²) in [6, 6.07) is 0.306. The van der Waals surface area contributed by atoms with Crippen LogP contribution in [0.2, 0.25) is 0 Å². The van der Waals surface area contributed by atoms with Gasteiger partial charge in [0, 0.05) is 19.1 Å². The fourth-order valence-electron chi connectivity index (χ4n) is 1.73. The normalized spacial score (nSPS) is 12.1. The van der Waals surface area contributed by atoms with E-state index in [2.05, 4.69) is 57.6 Å². The molecule has 0 aliphatic rings. The first kappa shape index (κ1) is 16.8. The second-order valence-corrected chi connectivity index (χ2v) is 5.41. The minimum Gasteiger partial charge on any atom is -0.352 e. The molecule has 7 nitrogen and oxygen atoms in total. The number of anilines is 3. The van der Waals surface area contributed by atoms with Crippen LogP contribution in [0.3, 0.4) is 0 Å². The van der Waals surface area contributed by atoms with Crippen molar-refractivity contribution < 1.29 is 0 Å². The van der Waals surface area contributed by atoms with Crippen molar-refractivity contribution in [2.45, 2.75) is 33.2 Å². The van der Waals surface area contributed by atoms with Gasteiger partial charge >= 0.3 is 0 Å². The Bertz CT molecular complexity index is 397. The predicted molar refractivity (Wildman–Crippen MR) is 87.3 cm³/mol. The molecule has 1 aromatic heterocycles. The smallest absolute Gasteiger partial charge is 0.243 e. The maximum absolute atomic E-state index is 5.43. The van der Waals surface area contributed by atoms with Crippen LogP contribution in [0, 0.1) is 0 Å². The molecule has 0 fully saturated rings. The number of nitrogens with one attached hydrogen (secondary N) is 2. The molecular weight excluding hydrogens is 274 g/mol. The van der Waals surface area contributed by atoms with E-state index in [1.54, 1.807) is 0 Å². The SMILES string of the molecule is CCN(CC)c1nc(NN)nc(NC(C)CCSC)n1. The van der Waals surface area contributed by atoms with Gasteiger partial charge in [-0.2, -0.15) is 26.7 Å². The second-order valence-electron chi connectivity index (χ2n) is 4.43. The molecule has 8 heteroatoms. The molecule has 0 spiro atoms. The summed E-state index contributed by atoms with van der Waals surface area (Å²) in [6.45, 7) is 7.93. The van der Waals surface area contributed by atoms with E-state index in [1.807, 2.05) is 11.8 Å². The Morgan fingerprint density at radius 2 is 1.85 bits per heavy atom.